The molecule has 5 nitrogen and oxygen atoms in total. The maximum absolute atomic E-state index is 11.9. The fourth-order valence-corrected chi connectivity index (χ4v) is 4.76. The van der Waals surface area contributed by atoms with Crippen LogP contribution in [-0.2, 0) is 9.53 Å². The number of allylic oxidation sites excluding steroid dienone is 5. The van der Waals surface area contributed by atoms with Crippen molar-refractivity contribution in [1.82, 2.24) is 4.90 Å². The first-order valence-corrected chi connectivity index (χ1v) is 14.3. The summed E-state index contributed by atoms with van der Waals surface area (Å²) in [6, 6.07) is 16.2. The van der Waals surface area contributed by atoms with E-state index in [1.807, 2.05) is 68.5 Å². The second-order valence-corrected chi connectivity index (χ2v) is 11.0. The number of amides is 1. The van der Waals surface area contributed by atoms with E-state index in [1.54, 1.807) is 7.11 Å². The predicted octanol–water partition coefficient (Wildman–Crippen LogP) is 7.38. The van der Waals surface area contributed by atoms with E-state index in [0.29, 0.717) is 5.92 Å². The number of hydrogen-bond acceptors (Lipinski definition) is 4. The Kier molecular flexibility index (Phi) is 12.3. The largest absolute Gasteiger partial charge is 0.497 e. The molecule has 1 aliphatic carbocycles. The summed E-state index contributed by atoms with van der Waals surface area (Å²) in [7, 11) is 1.68. The number of aliphatic hydroxyl groups is 1. The Morgan fingerprint density at radius 3 is 2.55 bits per heavy atom. The van der Waals surface area contributed by atoms with E-state index in [0.717, 1.165) is 66.8 Å². The molecule has 1 atom stereocenters. The van der Waals surface area contributed by atoms with Gasteiger partial charge in [-0.2, -0.15) is 0 Å². The van der Waals surface area contributed by atoms with E-state index in [2.05, 4.69) is 50.4 Å². The highest BCUT2D eigenvalue weighted by atomic mass is 79.9. The number of ether oxygens (including phenoxy) is 1. The van der Waals surface area contributed by atoms with Gasteiger partial charge in [0, 0.05) is 22.6 Å². The quantitative estimate of drug-likeness (QED) is 0.342. The van der Waals surface area contributed by atoms with Gasteiger partial charge in [0.1, 0.15) is 5.76 Å². The number of aliphatic hydroxyl groups excluding tert-OH is 1. The van der Waals surface area contributed by atoms with Crippen LogP contribution < -0.4 is 5.32 Å². The number of hydrogen-bond donors (Lipinski definition) is 2. The summed E-state index contributed by atoms with van der Waals surface area (Å²) < 4.78 is 6.03. The second kappa shape index (κ2) is 15.7. The first kappa shape index (κ1) is 29.9. The van der Waals surface area contributed by atoms with Gasteiger partial charge in [0.2, 0.25) is 5.91 Å². The number of likely N-dealkylation sites (tertiary alicyclic amines) is 1. The maximum Gasteiger partial charge on any atom is 0.226 e. The fraction of sp³-hybridized carbons (Fsp3) is 0.406. The van der Waals surface area contributed by atoms with Crippen molar-refractivity contribution >= 4 is 27.5 Å². The van der Waals surface area contributed by atoms with Crippen LogP contribution in [0.5, 0.6) is 0 Å². The average Bonchev–Trinajstić information content (AvgIpc) is 3.22. The molecule has 1 heterocycles. The third kappa shape index (κ3) is 9.90. The number of rotatable bonds is 8. The van der Waals surface area contributed by atoms with Crippen molar-refractivity contribution < 1.29 is 14.6 Å². The summed E-state index contributed by atoms with van der Waals surface area (Å²) in [5.41, 5.74) is 3.17. The topological polar surface area (TPSA) is 61.8 Å². The fourth-order valence-electron chi connectivity index (χ4n) is 4.50. The summed E-state index contributed by atoms with van der Waals surface area (Å²) >= 11 is 3.43. The number of benzene rings is 2. The highest BCUT2D eigenvalue weighted by molar-refractivity contribution is 9.10. The number of nitrogens with one attached hydrogen (secondary N) is 1. The summed E-state index contributed by atoms with van der Waals surface area (Å²) in [6.45, 7) is 6.81. The van der Waals surface area contributed by atoms with Crippen molar-refractivity contribution in [1.29, 1.82) is 0 Å². The van der Waals surface area contributed by atoms with E-state index < -0.39 is 6.10 Å². The normalized spacial score (nSPS) is 16.7. The Balaban J connectivity index is 0.000000375. The first-order valence-electron chi connectivity index (χ1n) is 13.5. The number of carbonyl (C=O) groups excluding carboxylic acids is 1. The molecule has 1 amide bonds. The van der Waals surface area contributed by atoms with Crippen LogP contribution in [0.2, 0.25) is 0 Å². The van der Waals surface area contributed by atoms with Gasteiger partial charge < -0.3 is 20.1 Å². The molecule has 2 aromatic rings. The zero-order valence-corrected chi connectivity index (χ0v) is 24.4. The van der Waals surface area contributed by atoms with Gasteiger partial charge in [-0.25, -0.2) is 0 Å². The van der Waals surface area contributed by atoms with E-state index in [1.165, 1.54) is 5.56 Å². The van der Waals surface area contributed by atoms with Crippen molar-refractivity contribution in [3.8, 4) is 0 Å². The molecule has 204 valence electrons. The van der Waals surface area contributed by atoms with Crippen molar-refractivity contribution in [3.05, 3.63) is 100 Å². The molecule has 1 aliphatic heterocycles. The van der Waals surface area contributed by atoms with Gasteiger partial charge in [0.05, 0.1) is 13.2 Å². The summed E-state index contributed by atoms with van der Waals surface area (Å²) in [5, 5.41) is 13.4. The van der Waals surface area contributed by atoms with E-state index in [-0.39, 0.29) is 11.8 Å². The van der Waals surface area contributed by atoms with Gasteiger partial charge in [-0.3, -0.25) is 4.79 Å². The maximum atomic E-state index is 11.9. The number of nitrogens with zero attached hydrogens (tertiary/aromatic N) is 1. The smallest absolute Gasteiger partial charge is 0.226 e. The molecule has 0 spiro atoms. The van der Waals surface area contributed by atoms with Crippen molar-refractivity contribution in [3.63, 3.8) is 0 Å². The third-order valence-corrected chi connectivity index (χ3v) is 7.43. The number of carbonyl (C=O) groups is 1. The molecule has 0 bridgehead atoms. The minimum atomic E-state index is -0.415. The van der Waals surface area contributed by atoms with Gasteiger partial charge in [-0.1, -0.05) is 72.3 Å². The summed E-state index contributed by atoms with van der Waals surface area (Å²) in [6.07, 6.45) is 13.6. The van der Waals surface area contributed by atoms with Crippen molar-refractivity contribution in [2.45, 2.75) is 51.6 Å². The number of methoxy groups -OCH3 is 1. The molecular formula is C32H41BrN2O3. The highest BCUT2D eigenvalue weighted by Crippen LogP contribution is 2.30. The van der Waals surface area contributed by atoms with Gasteiger partial charge in [0.15, 0.2) is 0 Å². The zero-order valence-electron chi connectivity index (χ0n) is 22.8. The third-order valence-electron chi connectivity index (χ3n) is 6.90. The Morgan fingerprint density at radius 1 is 1.13 bits per heavy atom. The average molecular weight is 582 g/mol. The molecule has 2 aromatic carbocycles. The standard InChI is InChI=1S/C24H31BrN2O2.C8H10O/c1-17(2)24(29)26-22-5-3-4-20(16-22)18-10-13-27(14-11-18)15-12-23(28)19-6-8-21(25)9-7-19;1-9-8-6-4-2-3-5-7-8/h3-9,16-18,23,28H,10-15H2,1-2H3,(H,26,29);2,4-7H,3H2,1H3. The monoisotopic (exact) mass is 580 g/mol. The molecule has 1 unspecified atom stereocenters. The Bertz CT molecular complexity index is 1100. The SMILES string of the molecule is CC(C)C(=O)Nc1cccc(C2CCN(CCC(O)c3ccc(Br)cc3)CC2)c1.COC1=CC=CCC=C1. The lowest BCUT2D eigenvalue weighted by Crippen LogP contribution is -2.34. The zero-order chi connectivity index (χ0) is 27.3. The molecule has 2 aliphatic rings. The van der Waals surface area contributed by atoms with Crippen molar-refractivity contribution in [2.75, 3.05) is 32.1 Å². The molecule has 0 saturated carbocycles. The second-order valence-electron chi connectivity index (χ2n) is 10.1. The van der Waals surface area contributed by atoms with E-state index >= 15 is 0 Å². The minimum Gasteiger partial charge on any atom is -0.497 e. The molecule has 1 fully saturated rings. The Hall–Kier alpha value is -2.67. The van der Waals surface area contributed by atoms with Gasteiger partial charge in [-0.15, -0.1) is 0 Å². The lowest BCUT2D eigenvalue weighted by Gasteiger charge is -2.32. The number of piperidine rings is 1. The van der Waals surface area contributed by atoms with Crippen LogP contribution >= 0.6 is 15.9 Å². The number of halogens is 1. The van der Waals surface area contributed by atoms with Crippen LogP contribution in [-0.4, -0.2) is 42.7 Å². The Morgan fingerprint density at radius 2 is 1.87 bits per heavy atom. The van der Waals surface area contributed by atoms with Gasteiger partial charge in [0.25, 0.3) is 0 Å². The molecule has 6 heteroatoms. The van der Waals surface area contributed by atoms with Crippen molar-refractivity contribution in [2.24, 2.45) is 5.92 Å². The molecule has 0 radical (unpaired) electrons. The van der Waals surface area contributed by atoms with Crippen LogP contribution in [0.15, 0.2) is 89.1 Å². The number of anilines is 1. The van der Waals surface area contributed by atoms with E-state index in [4.69, 9.17) is 4.74 Å². The van der Waals surface area contributed by atoms with Crippen LogP contribution in [0.3, 0.4) is 0 Å². The first-order chi connectivity index (χ1) is 18.4. The lowest BCUT2D eigenvalue weighted by molar-refractivity contribution is -0.118. The van der Waals surface area contributed by atoms with Crippen LogP contribution in [0.4, 0.5) is 5.69 Å². The van der Waals surface area contributed by atoms with Crippen LogP contribution in [0.25, 0.3) is 0 Å². The molecule has 38 heavy (non-hydrogen) atoms. The van der Waals surface area contributed by atoms with Crippen LogP contribution in [0.1, 0.15) is 62.7 Å². The summed E-state index contributed by atoms with van der Waals surface area (Å²) in [5.74, 6) is 1.48. The predicted molar refractivity (Wildman–Crippen MR) is 160 cm³/mol. The molecule has 4 rings (SSSR count). The molecule has 1 saturated heterocycles. The summed E-state index contributed by atoms with van der Waals surface area (Å²) in [4.78, 5) is 14.4. The lowest BCUT2D eigenvalue weighted by atomic mass is 9.89. The minimum absolute atomic E-state index is 0.0188. The molecule has 0 aromatic heterocycles. The Labute approximate surface area is 236 Å². The highest BCUT2D eigenvalue weighted by Gasteiger charge is 2.21. The van der Waals surface area contributed by atoms with Crippen LogP contribution in [0, 0.1) is 5.92 Å². The van der Waals surface area contributed by atoms with Gasteiger partial charge >= 0.3 is 0 Å². The van der Waals surface area contributed by atoms with Gasteiger partial charge in [-0.05, 0) is 92.2 Å². The molecule has 2 N–H and O–H groups in total. The van der Waals surface area contributed by atoms with E-state index in [9.17, 15) is 9.90 Å². The molecular weight excluding hydrogens is 540 g/mol.